The fourth-order valence-corrected chi connectivity index (χ4v) is 1.67. The first-order valence-electron chi connectivity index (χ1n) is 6.54. The topological polar surface area (TPSA) is 36.2 Å². The minimum atomic E-state index is 0. The molecule has 1 N–H and O–H groups in total. The van der Waals surface area contributed by atoms with Crippen LogP contribution in [0, 0.1) is 0 Å². The average molecular weight is 330 g/mol. The van der Waals surface area contributed by atoms with Gasteiger partial charge in [0.2, 0.25) is 5.91 Å². The lowest BCUT2D eigenvalue weighted by atomic mass is 10.2. The molecule has 0 bridgehead atoms. The number of aromatic nitrogens is 1. The van der Waals surface area contributed by atoms with Crippen molar-refractivity contribution in [2.75, 3.05) is 27.2 Å². The summed E-state index contributed by atoms with van der Waals surface area (Å²) in [4.78, 5) is 13.6. The van der Waals surface area contributed by atoms with Gasteiger partial charge in [-0.15, -0.1) is 0 Å². The van der Waals surface area contributed by atoms with Gasteiger partial charge in [-0.25, -0.2) is 4.57 Å². The normalized spacial score (nSPS) is 10.1. The van der Waals surface area contributed by atoms with E-state index in [0.717, 1.165) is 32.5 Å². The maximum absolute atomic E-state index is 11.5. The molecule has 5 heteroatoms. The third-order valence-electron chi connectivity index (χ3n) is 2.73. The summed E-state index contributed by atoms with van der Waals surface area (Å²) in [5.74, 6) is 0.162. The molecule has 0 spiro atoms. The largest absolute Gasteiger partial charge is 1.00 e. The van der Waals surface area contributed by atoms with Crippen molar-refractivity contribution in [1.29, 1.82) is 0 Å². The highest BCUT2D eigenvalue weighted by molar-refractivity contribution is 5.75. The Kier molecular flexibility index (Phi) is 10.4. The predicted molar refractivity (Wildman–Crippen MR) is 72.1 cm³/mol. The number of unbranched alkanes of at least 4 members (excludes halogenated alkanes) is 1. The van der Waals surface area contributed by atoms with E-state index in [1.807, 2.05) is 32.3 Å². The average Bonchev–Trinajstić information content (AvgIpc) is 2.35. The number of carbonyl (C=O) groups excluding carboxylic acids is 1. The van der Waals surface area contributed by atoms with E-state index < -0.39 is 0 Å². The monoisotopic (exact) mass is 329 g/mol. The van der Waals surface area contributed by atoms with E-state index >= 15 is 0 Å². The molecule has 1 aromatic heterocycles. The van der Waals surface area contributed by atoms with Gasteiger partial charge in [0.25, 0.3) is 0 Å². The first kappa shape index (κ1) is 18.1. The number of likely N-dealkylation sites (N-methyl/N-ethyl adjacent to an activating group) is 1. The second-order valence-electron chi connectivity index (χ2n) is 4.72. The highest BCUT2D eigenvalue weighted by atomic mass is 79.9. The summed E-state index contributed by atoms with van der Waals surface area (Å²) in [6.07, 6.45) is 6.71. The number of nitrogens with one attached hydrogen (secondary N) is 1. The predicted octanol–water partition coefficient (Wildman–Crippen LogP) is -2.17. The molecule has 0 aliphatic rings. The van der Waals surface area contributed by atoms with Crippen LogP contribution in [0.4, 0.5) is 0 Å². The summed E-state index contributed by atoms with van der Waals surface area (Å²) >= 11 is 0. The van der Waals surface area contributed by atoms with Crippen LogP contribution in [-0.2, 0) is 11.3 Å². The van der Waals surface area contributed by atoms with Gasteiger partial charge in [0.15, 0.2) is 12.4 Å². The van der Waals surface area contributed by atoms with E-state index in [1.54, 1.807) is 0 Å². The maximum Gasteiger partial charge on any atom is 0.220 e. The lowest BCUT2D eigenvalue weighted by Crippen LogP contribution is -3.00. The third kappa shape index (κ3) is 9.62. The summed E-state index contributed by atoms with van der Waals surface area (Å²) < 4.78 is 2.14. The van der Waals surface area contributed by atoms with Gasteiger partial charge in [-0.1, -0.05) is 6.07 Å². The highest BCUT2D eigenvalue weighted by Gasteiger charge is 2.02. The molecular formula is C14H24BrN3O. The smallest absolute Gasteiger partial charge is 0.220 e. The Balaban J connectivity index is 0.00000324. The Bertz CT molecular complexity index is 344. The number of nitrogens with zero attached hydrogens (tertiary/aromatic N) is 2. The molecule has 0 radical (unpaired) electrons. The summed E-state index contributed by atoms with van der Waals surface area (Å²) in [7, 11) is 4.01. The van der Waals surface area contributed by atoms with Gasteiger partial charge in [-0.05, 0) is 20.5 Å². The Labute approximate surface area is 126 Å². The lowest BCUT2D eigenvalue weighted by Gasteiger charge is -2.10. The fraction of sp³-hybridized carbons (Fsp3) is 0.571. The molecule has 0 fully saturated rings. The molecule has 0 aliphatic heterocycles. The minimum Gasteiger partial charge on any atom is -1.00 e. The molecule has 1 heterocycles. The molecule has 0 unspecified atom stereocenters. The zero-order chi connectivity index (χ0) is 13.2. The fourth-order valence-electron chi connectivity index (χ4n) is 1.67. The van der Waals surface area contributed by atoms with Crippen LogP contribution in [0.25, 0.3) is 0 Å². The van der Waals surface area contributed by atoms with Crippen molar-refractivity contribution in [3.63, 3.8) is 0 Å². The lowest BCUT2D eigenvalue weighted by molar-refractivity contribution is -0.697. The summed E-state index contributed by atoms with van der Waals surface area (Å²) in [5, 5.41) is 2.93. The van der Waals surface area contributed by atoms with Crippen LogP contribution in [0.15, 0.2) is 30.6 Å². The van der Waals surface area contributed by atoms with Crippen LogP contribution in [0.3, 0.4) is 0 Å². The van der Waals surface area contributed by atoms with Gasteiger partial charge in [0.05, 0.1) is 0 Å². The molecule has 0 atom stereocenters. The second kappa shape index (κ2) is 10.9. The van der Waals surface area contributed by atoms with E-state index in [4.69, 9.17) is 0 Å². The number of halogens is 1. The molecule has 4 nitrogen and oxygen atoms in total. The number of hydrogen-bond donors (Lipinski definition) is 1. The molecule has 108 valence electrons. The van der Waals surface area contributed by atoms with Gasteiger partial charge < -0.3 is 27.2 Å². The second-order valence-corrected chi connectivity index (χ2v) is 4.72. The van der Waals surface area contributed by atoms with Crippen LogP contribution in [-0.4, -0.2) is 38.0 Å². The van der Waals surface area contributed by atoms with Gasteiger partial charge in [-0.3, -0.25) is 4.79 Å². The molecule has 0 saturated heterocycles. The zero-order valence-corrected chi connectivity index (χ0v) is 13.4. The van der Waals surface area contributed by atoms with Crippen molar-refractivity contribution in [1.82, 2.24) is 10.2 Å². The van der Waals surface area contributed by atoms with Gasteiger partial charge in [0, 0.05) is 38.1 Å². The maximum atomic E-state index is 11.5. The number of aryl methyl sites for hydroxylation is 1. The van der Waals surface area contributed by atoms with Crippen molar-refractivity contribution < 1.29 is 26.3 Å². The van der Waals surface area contributed by atoms with E-state index in [9.17, 15) is 4.79 Å². The highest BCUT2D eigenvalue weighted by Crippen LogP contribution is 1.95. The molecular weight excluding hydrogens is 306 g/mol. The van der Waals surface area contributed by atoms with Gasteiger partial charge in [0.1, 0.15) is 6.54 Å². The van der Waals surface area contributed by atoms with E-state index in [2.05, 4.69) is 27.2 Å². The van der Waals surface area contributed by atoms with Crippen molar-refractivity contribution in [2.45, 2.75) is 25.8 Å². The first-order chi connectivity index (χ1) is 8.68. The number of pyridine rings is 1. The SMILES string of the molecule is CN(C)CCNC(=O)CCCC[n+]1ccccc1.[Br-]. The van der Waals surface area contributed by atoms with E-state index in [0.29, 0.717) is 6.42 Å². The van der Waals surface area contributed by atoms with Crippen molar-refractivity contribution >= 4 is 5.91 Å². The Morgan fingerprint density at radius 2 is 1.84 bits per heavy atom. The molecule has 1 amide bonds. The summed E-state index contributed by atoms with van der Waals surface area (Å²) in [6.45, 7) is 2.61. The standard InChI is InChI=1S/C14H23N3O.BrH/c1-16(2)13-9-15-14(18)8-4-7-12-17-10-5-3-6-11-17;/h3,5-6,10-11H,4,7-9,12-13H2,1-2H3;1H. The minimum absolute atomic E-state index is 0. The van der Waals surface area contributed by atoms with E-state index in [-0.39, 0.29) is 22.9 Å². The van der Waals surface area contributed by atoms with Gasteiger partial charge >= 0.3 is 0 Å². The van der Waals surface area contributed by atoms with Crippen LogP contribution in [0.2, 0.25) is 0 Å². The Morgan fingerprint density at radius 3 is 2.47 bits per heavy atom. The first-order valence-corrected chi connectivity index (χ1v) is 6.54. The van der Waals surface area contributed by atoms with Crippen molar-refractivity contribution in [3.05, 3.63) is 30.6 Å². The number of amides is 1. The Hall–Kier alpha value is -0.940. The number of carbonyl (C=O) groups is 1. The number of hydrogen-bond acceptors (Lipinski definition) is 2. The van der Waals surface area contributed by atoms with Gasteiger partial charge in [-0.2, -0.15) is 0 Å². The molecule has 19 heavy (non-hydrogen) atoms. The molecule has 1 rings (SSSR count). The van der Waals surface area contributed by atoms with Crippen LogP contribution in [0.1, 0.15) is 19.3 Å². The molecule has 0 aliphatic carbocycles. The molecule has 1 aromatic rings. The summed E-state index contributed by atoms with van der Waals surface area (Å²) in [6, 6.07) is 6.05. The van der Waals surface area contributed by atoms with E-state index in [1.165, 1.54) is 0 Å². The molecule has 0 saturated carbocycles. The third-order valence-corrected chi connectivity index (χ3v) is 2.73. The van der Waals surface area contributed by atoms with Crippen LogP contribution < -0.4 is 26.9 Å². The van der Waals surface area contributed by atoms with Crippen molar-refractivity contribution in [2.24, 2.45) is 0 Å². The van der Waals surface area contributed by atoms with Crippen LogP contribution >= 0.6 is 0 Å². The summed E-state index contributed by atoms with van der Waals surface area (Å²) in [5.41, 5.74) is 0. The molecule has 0 aromatic carbocycles. The van der Waals surface area contributed by atoms with Crippen LogP contribution in [0.5, 0.6) is 0 Å². The van der Waals surface area contributed by atoms with Crippen molar-refractivity contribution in [3.8, 4) is 0 Å². The quantitative estimate of drug-likeness (QED) is 0.435. The number of rotatable bonds is 8. The Morgan fingerprint density at radius 1 is 1.16 bits per heavy atom. The zero-order valence-electron chi connectivity index (χ0n) is 11.8.